The quantitative estimate of drug-likeness (QED) is 0.699. The maximum Gasteiger partial charge on any atom is 0.350 e. The van der Waals surface area contributed by atoms with Crippen molar-refractivity contribution >= 4 is 40.9 Å². The number of carbonyl (C=O) groups excluding carboxylic acids is 3. The summed E-state index contributed by atoms with van der Waals surface area (Å²) in [7, 11) is 1.21. The van der Waals surface area contributed by atoms with E-state index >= 15 is 0 Å². The van der Waals surface area contributed by atoms with Gasteiger partial charge in [-0.1, -0.05) is 0 Å². The zero-order chi connectivity index (χ0) is 15.1. The van der Waals surface area contributed by atoms with Crippen molar-refractivity contribution in [1.29, 1.82) is 0 Å². The molecule has 0 saturated carbocycles. The van der Waals surface area contributed by atoms with E-state index in [0.29, 0.717) is 0 Å². The molecule has 108 valence electrons. The lowest BCUT2D eigenvalue weighted by atomic mass is 10.3. The lowest BCUT2D eigenvalue weighted by Crippen LogP contribution is -2.34. The Morgan fingerprint density at radius 3 is 2.60 bits per heavy atom. The number of imide groups is 1. The van der Waals surface area contributed by atoms with E-state index in [9.17, 15) is 19.2 Å². The van der Waals surface area contributed by atoms with Crippen LogP contribution in [0.4, 0.5) is 10.5 Å². The highest BCUT2D eigenvalue weighted by molar-refractivity contribution is 7.12. The number of hydrogen-bond donors (Lipinski definition) is 3. The number of nitrogens with one attached hydrogen (secondary N) is 2. The van der Waals surface area contributed by atoms with Crippen molar-refractivity contribution in [2.45, 2.75) is 12.8 Å². The van der Waals surface area contributed by atoms with Gasteiger partial charge in [0.15, 0.2) is 0 Å². The van der Waals surface area contributed by atoms with Gasteiger partial charge in [0.25, 0.3) is 0 Å². The van der Waals surface area contributed by atoms with Gasteiger partial charge in [0, 0.05) is 6.42 Å². The lowest BCUT2D eigenvalue weighted by Gasteiger charge is -2.06. The van der Waals surface area contributed by atoms with Crippen LogP contribution in [-0.2, 0) is 14.3 Å². The number of amides is 3. The van der Waals surface area contributed by atoms with Gasteiger partial charge in [-0.15, -0.1) is 11.3 Å². The van der Waals surface area contributed by atoms with Gasteiger partial charge < -0.3 is 15.2 Å². The van der Waals surface area contributed by atoms with Crippen LogP contribution in [0.25, 0.3) is 0 Å². The summed E-state index contributed by atoms with van der Waals surface area (Å²) < 4.78 is 4.53. The molecule has 0 aliphatic rings. The molecule has 0 bridgehead atoms. The molecule has 1 aromatic rings. The summed E-state index contributed by atoms with van der Waals surface area (Å²) in [5.74, 6) is -2.46. The second-order valence-corrected chi connectivity index (χ2v) is 4.47. The van der Waals surface area contributed by atoms with Gasteiger partial charge in [0.2, 0.25) is 5.91 Å². The lowest BCUT2D eigenvalue weighted by molar-refractivity contribution is -0.138. The number of thiophene rings is 1. The topological polar surface area (TPSA) is 122 Å². The van der Waals surface area contributed by atoms with Gasteiger partial charge in [-0.2, -0.15) is 0 Å². The summed E-state index contributed by atoms with van der Waals surface area (Å²) in [6.45, 7) is 0. The average Bonchev–Trinajstić information content (AvgIpc) is 2.83. The Hall–Kier alpha value is -2.42. The fourth-order valence-electron chi connectivity index (χ4n) is 1.22. The largest absolute Gasteiger partial charge is 0.481 e. The fourth-order valence-corrected chi connectivity index (χ4v) is 1.99. The van der Waals surface area contributed by atoms with Crippen LogP contribution in [0.1, 0.15) is 22.5 Å². The summed E-state index contributed by atoms with van der Waals surface area (Å²) in [5, 5.41) is 14.2. The first-order chi connectivity index (χ1) is 9.43. The van der Waals surface area contributed by atoms with Gasteiger partial charge in [-0.3, -0.25) is 14.9 Å². The molecule has 3 N–H and O–H groups in total. The van der Waals surface area contributed by atoms with Crippen molar-refractivity contribution in [2.75, 3.05) is 12.4 Å². The predicted octanol–water partition coefficient (Wildman–Crippen LogP) is 1.05. The molecule has 0 radical (unpaired) electrons. The first kappa shape index (κ1) is 15.6. The molecular formula is C11H12N2O6S. The molecule has 0 aliphatic carbocycles. The van der Waals surface area contributed by atoms with Crippen LogP contribution in [-0.4, -0.2) is 36.1 Å². The molecule has 0 unspecified atom stereocenters. The van der Waals surface area contributed by atoms with E-state index in [4.69, 9.17) is 5.11 Å². The number of urea groups is 1. The highest BCUT2D eigenvalue weighted by Crippen LogP contribution is 2.22. The number of carboxylic acid groups (broad SMARTS) is 1. The average molecular weight is 300 g/mol. The molecule has 0 fully saturated rings. The number of aliphatic carboxylic acids is 1. The molecule has 3 amide bonds. The third kappa shape index (κ3) is 4.69. The Bertz CT molecular complexity index is 539. The second-order valence-electron chi connectivity index (χ2n) is 3.55. The molecule has 0 saturated heterocycles. The number of hydrogen-bond acceptors (Lipinski definition) is 6. The molecule has 0 spiro atoms. The smallest absolute Gasteiger partial charge is 0.350 e. The van der Waals surface area contributed by atoms with Crippen molar-refractivity contribution in [2.24, 2.45) is 0 Å². The van der Waals surface area contributed by atoms with Gasteiger partial charge >= 0.3 is 18.0 Å². The number of carbonyl (C=O) groups is 4. The highest BCUT2D eigenvalue weighted by Gasteiger charge is 2.16. The van der Waals surface area contributed by atoms with E-state index in [1.807, 2.05) is 5.32 Å². The van der Waals surface area contributed by atoms with Crippen LogP contribution < -0.4 is 10.6 Å². The van der Waals surface area contributed by atoms with E-state index in [2.05, 4.69) is 10.1 Å². The molecule has 9 heteroatoms. The van der Waals surface area contributed by atoms with Crippen LogP contribution in [0.3, 0.4) is 0 Å². The Kier molecular flexibility index (Phi) is 5.66. The number of esters is 1. The van der Waals surface area contributed by atoms with Crippen molar-refractivity contribution in [3.05, 3.63) is 16.3 Å². The van der Waals surface area contributed by atoms with Crippen molar-refractivity contribution in [3.63, 3.8) is 0 Å². The molecule has 0 atom stereocenters. The standard InChI is InChI=1S/C11H12N2O6S/c1-19-10(17)9-6(4-5-20-9)12-11(18)13-7(14)2-3-8(15)16/h4-5H,2-3H2,1H3,(H,15,16)(H2,12,13,14,18). The number of methoxy groups -OCH3 is 1. The molecular weight excluding hydrogens is 288 g/mol. The molecule has 0 aliphatic heterocycles. The third-order valence-corrected chi connectivity index (χ3v) is 3.00. The SMILES string of the molecule is COC(=O)c1sccc1NC(=O)NC(=O)CCC(=O)O. The molecule has 1 aromatic heterocycles. The normalized spacial score (nSPS) is 9.65. The molecule has 20 heavy (non-hydrogen) atoms. The Morgan fingerprint density at radius 1 is 1.30 bits per heavy atom. The van der Waals surface area contributed by atoms with Crippen LogP contribution in [0, 0.1) is 0 Å². The van der Waals surface area contributed by atoms with E-state index in [0.717, 1.165) is 11.3 Å². The summed E-state index contributed by atoms with van der Waals surface area (Å²) in [6, 6.07) is 0.641. The van der Waals surface area contributed by atoms with Crippen LogP contribution in [0.5, 0.6) is 0 Å². The van der Waals surface area contributed by atoms with Gasteiger partial charge in [-0.05, 0) is 11.4 Å². The zero-order valence-electron chi connectivity index (χ0n) is 10.5. The molecule has 1 rings (SSSR count). The molecule has 8 nitrogen and oxygen atoms in total. The zero-order valence-corrected chi connectivity index (χ0v) is 11.3. The second kappa shape index (κ2) is 7.24. The van der Waals surface area contributed by atoms with Crippen LogP contribution >= 0.6 is 11.3 Å². The third-order valence-electron chi connectivity index (χ3n) is 2.10. The maximum atomic E-state index is 11.5. The van der Waals surface area contributed by atoms with E-state index in [1.54, 1.807) is 5.38 Å². The van der Waals surface area contributed by atoms with E-state index < -0.39 is 23.9 Å². The number of anilines is 1. The number of ether oxygens (including phenoxy) is 1. The molecule has 1 heterocycles. The van der Waals surface area contributed by atoms with Crippen molar-refractivity contribution in [3.8, 4) is 0 Å². The minimum absolute atomic E-state index is 0.195. The van der Waals surface area contributed by atoms with Crippen LogP contribution in [0.15, 0.2) is 11.4 Å². The fraction of sp³-hybridized carbons (Fsp3) is 0.273. The number of carboxylic acids is 1. The van der Waals surface area contributed by atoms with E-state index in [-0.39, 0.29) is 23.4 Å². The summed E-state index contributed by atoms with van der Waals surface area (Å²) >= 11 is 1.08. The summed E-state index contributed by atoms with van der Waals surface area (Å²) in [6.07, 6.45) is -0.679. The monoisotopic (exact) mass is 300 g/mol. The number of rotatable bonds is 5. The predicted molar refractivity (Wildman–Crippen MR) is 69.7 cm³/mol. The minimum atomic E-state index is -1.13. The van der Waals surface area contributed by atoms with Gasteiger partial charge in [-0.25, -0.2) is 9.59 Å². The van der Waals surface area contributed by atoms with Gasteiger partial charge in [0.05, 0.1) is 19.2 Å². The van der Waals surface area contributed by atoms with E-state index in [1.165, 1.54) is 13.2 Å². The maximum absolute atomic E-state index is 11.5. The van der Waals surface area contributed by atoms with Gasteiger partial charge in [0.1, 0.15) is 4.88 Å². The first-order valence-electron chi connectivity index (χ1n) is 5.42. The van der Waals surface area contributed by atoms with Crippen molar-refractivity contribution < 1.29 is 29.0 Å². The Labute approximate surface area is 117 Å². The summed E-state index contributed by atoms with van der Waals surface area (Å²) in [4.78, 5) is 44.6. The summed E-state index contributed by atoms with van der Waals surface area (Å²) in [5.41, 5.74) is 0.213. The Morgan fingerprint density at radius 2 is 2.00 bits per heavy atom. The van der Waals surface area contributed by atoms with Crippen molar-refractivity contribution in [1.82, 2.24) is 5.32 Å². The Balaban J connectivity index is 2.54. The highest BCUT2D eigenvalue weighted by atomic mass is 32.1. The minimum Gasteiger partial charge on any atom is -0.481 e. The van der Waals surface area contributed by atoms with Crippen LogP contribution in [0.2, 0.25) is 0 Å². The molecule has 0 aromatic carbocycles. The first-order valence-corrected chi connectivity index (χ1v) is 6.30.